The molecule has 3 nitrogen and oxygen atoms in total. The van der Waals surface area contributed by atoms with Gasteiger partial charge in [-0.2, -0.15) is 0 Å². The molecular weight excluding hydrogens is 176 g/mol. The van der Waals surface area contributed by atoms with Crippen LogP contribution >= 0.6 is 0 Å². The first-order valence-corrected chi connectivity index (χ1v) is 4.82. The highest BCUT2D eigenvalue weighted by Gasteiger charge is 2.24. The van der Waals surface area contributed by atoms with Crippen molar-refractivity contribution in [3.05, 3.63) is 35.4 Å². The first-order valence-electron chi connectivity index (χ1n) is 4.82. The molecule has 1 heterocycles. The molecule has 0 fully saturated rings. The molecule has 1 aromatic rings. The van der Waals surface area contributed by atoms with Crippen LogP contribution in [-0.2, 0) is 4.79 Å². The van der Waals surface area contributed by atoms with E-state index < -0.39 is 6.04 Å². The monoisotopic (exact) mass is 190 g/mol. The molecule has 0 spiro atoms. The van der Waals surface area contributed by atoms with Crippen molar-refractivity contribution in [3.63, 3.8) is 0 Å². The topological polar surface area (TPSA) is 55.1 Å². The number of benzene rings is 1. The van der Waals surface area contributed by atoms with Gasteiger partial charge in [-0.15, -0.1) is 0 Å². The Morgan fingerprint density at radius 1 is 1.36 bits per heavy atom. The average Bonchev–Trinajstić information content (AvgIpc) is 2.33. The van der Waals surface area contributed by atoms with Crippen LogP contribution in [0.5, 0.6) is 0 Å². The molecule has 3 heteroatoms. The van der Waals surface area contributed by atoms with Crippen LogP contribution in [0.25, 0.3) is 0 Å². The van der Waals surface area contributed by atoms with Crippen LogP contribution < -0.4 is 11.1 Å². The van der Waals surface area contributed by atoms with Gasteiger partial charge < -0.3 is 11.1 Å². The maximum Gasteiger partial charge on any atom is 0.241 e. The second-order valence-electron chi connectivity index (χ2n) is 3.75. The number of carbonyl (C=O) groups is 1. The van der Waals surface area contributed by atoms with E-state index in [0.717, 1.165) is 5.56 Å². The van der Waals surface area contributed by atoms with E-state index in [9.17, 15) is 4.79 Å². The second kappa shape index (κ2) is 3.42. The van der Waals surface area contributed by atoms with Gasteiger partial charge in [-0.1, -0.05) is 31.2 Å². The summed E-state index contributed by atoms with van der Waals surface area (Å²) in [5.74, 6) is 0.255. The zero-order chi connectivity index (χ0) is 10.1. The largest absolute Gasteiger partial charge is 0.354 e. The molecule has 0 aliphatic carbocycles. The van der Waals surface area contributed by atoms with E-state index in [1.54, 1.807) is 0 Å². The number of amides is 1. The summed E-state index contributed by atoms with van der Waals surface area (Å²) in [6.45, 7) is 2.76. The smallest absolute Gasteiger partial charge is 0.241 e. The quantitative estimate of drug-likeness (QED) is 0.639. The Kier molecular flexibility index (Phi) is 2.25. The van der Waals surface area contributed by atoms with Crippen LogP contribution in [0, 0.1) is 0 Å². The molecular formula is C11H14N2O. The summed E-state index contributed by atoms with van der Waals surface area (Å²) in [7, 11) is 0. The van der Waals surface area contributed by atoms with Crippen molar-refractivity contribution in [2.45, 2.75) is 18.9 Å². The first kappa shape index (κ1) is 9.21. The van der Waals surface area contributed by atoms with Gasteiger partial charge in [-0.3, -0.25) is 4.79 Å². The van der Waals surface area contributed by atoms with Gasteiger partial charge >= 0.3 is 0 Å². The fourth-order valence-electron chi connectivity index (χ4n) is 1.86. The lowest BCUT2D eigenvalue weighted by molar-refractivity contribution is -0.122. The van der Waals surface area contributed by atoms with E-state index >= 15 is 0 Å². The summed E-state index contributed by atoms with van der Waals surface area (Å²) in [4.78, 5) is 11.5. The van der Waals surface area contributed by atoms with Crippen LogP contribution in [0.1, 0.15) is 30.0 Å². The molecule has 2 unspecified atom stereocenters. The van der Waals surface area contributed by atoms with Gasteiger partial charge in [0.2, 0.25) is 5.91 Å². The molecule has 14 heavy (non-hydrogen) atoms. The van der Waals surface area contributed by atoms with Crippen molar-refractivity contribution < 1.29 is 4.79 Å². The molecule has 1 amide bonds. The normalized spacial score (nSPS) is 26.3. The van der Waals surface area contributed by atoms with Gasteiger partial charge in [0.15, 0.2) is 0 Å². The Labute approximate surface area is 83.3 Å². The lowest BCUT2D eigenvalue weighted by atomic mass is 9.94. The van der Waals surface area contributed by atoms with Crippen molar-refractivity contribution in [1.29, 1.82) is 0 Å². The number of carbonyl (C=O) groups excluding carboxylic acids is 1. The third kappa shape index (κ3) is 1.40. The second-order valence-corrected chi connectivity index (χ2v) is 3.75. The number of nitrogens with two attached hydrogens (primary N) is 1. The number of fused-ring (bicyclic) bond motifs is 1. The van der Waals surface area contributed by atoms with Crippen LogP contribution in [0.15, 0.2) is 24.3 Å². The maximum absolute atomic E-state index is 11.5. The van der Waals surface area contributed by atoms with Crippen molar-refractivity contribution in [1.82, 2.24) is 5.32 Å². The number of nitrogens with one attached hydrogen (secondary N) is 1. The maximum atomic E-state index is 11.5. The lowest BCUT2D eigenvalue weighted by Gasteiger charge is -2.12. The summed E-state index contributed by atoms with van der Waals surface area (Å²) in [6.07, 6.45) is 0. The van der Waals surface area contributed by atoms with Crippen molar-refractivity contribution in [2.75, 3.05) is 6.54 Å². The Balaban J connectivity index is 2.51. The number of hydrogen-bond acceptors (Lipinski definition) is 2. The van der Waals surface area contributed by atoms with E-state index in [1.165, 1.54) is 5.56 Å². The Hall–Kier alpha value is -1.35. The molecule has 1 aliphatic rings. The van der Waals surface area contributed by atoms with Crippen LogP contribution in [0.3, 0.4) is 0 Å². The van der Waals surface area contributed by atoms with Gasteiger partial charge in [0.05, 0.1) is 0 Å². The van der Waals surface area contributed by atoms with E-state index in [0.29, 0.717) is 12.5 Å². The molecule has 0 aromatic heterocycles. The molecule has 1 aliphatic heterocycles. The highest BCUT2D eigenvalue weighted by molar-refractivity contribution is 5.84. The van der Waals surface area contributed by atoms with E-state index in [4.69, 9.17) is 5.73 Å². The van der Waals surface area contributed by atoms with Crippen molar-refractivity contribution in [3.8, 4) is 0 Å². The lowest BCUT2D eigenvalue weighted by Crippen LogP contribution is -2.33. The van der Waals surface area contributed by atoms with E-state index in [-0.39, 0.29) is 5.91 Å². The molecule has 3 N–H and O–H groups in total. The Morgan fingerprint density at radius 3 is 2.71 bits per heavy atom. The molecule has 2 rings (SSSR count). The molecule has 0 saturated heterocycles. The van der Waals surface area contributed by atoms with Gasteiger partial charge in [-0.25, -0.2) is 0 Å². The summed E-state index contributed by atoms with van der Waals surface area (Å²) in [6, 6.07) is 7.36. The molecule has 0 saturated carbocycles. The highest BCUT2D eigenvalue weighted by Crippen LogP contribution is 2.26. The number of hydrogen-bond donors (Lipinski definition) is 2. The Morgan fingerprint density at radius 2 is 2.00 bits per heavy atom. The zero-order valence-electron chi connectivity index (χ0n) is 8.16. The van der Waals surface area contributed by atoms with Gasteiger partial charge in [0.25, 0.3) is 0 Å². The summed E-state index contributed by atoms with van der Waals surface area (Å²) < 4.78 is 0. The highest BCUT2D eigenvalue weighted by atomic mass is 16.2. The minimum Gasteiger partial charge on any atom is -0.354 e. The predicted octanol–water partition coefficient (Wildman–Crippen LogP) is 0.920. The molecule has 1 aromatic carbocycles. The number of rotatable bonds is 0. The standard InChI is InChI=1S/C11H14N2O/c1-7-6-13-11(14)10(12)9-5-3-2-4-8(7)9/h2-5,7,10H,6,12H2,1H3,(H,13,14). The minimum absolute atomic E-state index is 0.0817. The summed E-state index contributed by atoms with van der Waals surface area (Å²) in [5.41, 5.74) is 7.97. The molecule has 2 atom stereocenters. The summed E-state index contributed by atoms with van der Waals surface area (Å²) >= 11 is 0. The van der Waals surface area contributed by atoms with Crippen LogP contribution in [0.2, 0.25) is 0 Å². The average molecular weight is 190 g/mol. The van der Waals surface area contributed by atoms with Gasteiger partial charge in [-0.05, 0) is 17.0 Å². The van der Waals surface area contributed by atoms with Gasteiger partial charge in [0, 0.05) is 6.54 Å². The van der Waals surface area contributed by atoms with E-state index in [2.05, 4.69) is 12.2 Å². The first-order chi connectivity index (χ1) is 6.70. The van der Waals surface area contributed by atoms with Gasteiger partial charge in [0.1, 0.15) is 6.04 Å². The van der Waals surface area contributed by atoms with Crippen LogP contribution in [-0.4, -0.2) is 12.5 Å². The minimum atomic E-state index is -0.517. The van der Waals surface area contributed by atoms with Crippen molar-refractivity contribution >= 4 is 5.91 Å². The van der Waals surface area contributed by atoms with E-state index in [1.807, 2.05) is 24.3 Å². The summed E-state index contributed by atoms with van der Waals surface area (Å²) in [5, 5.41) is 2.83. The third-order valence-corrected chi connectivity index (χ3v) is 2.73. The molecule has 0 bridgehead atoms. The fourth-order valence-corrected chi connectivity index (χ4v) is 1.86. The third-order valence-electron chi connectivity index (χ3n) is 2.73. The molecule has 0 radical (unpaired) electrons. The van der Waals surface area contributed by atoms with Crippen molar-refractivity contribution in [2.24, 2.45) is 5.73 Å². The van der Waals surface area contributed by atoms with Crippen LogP contribution in [0.4, 0.5) is 0 Å². The zero-order valence-corrected chi connectivity index (χ0v) is 8.16. The molecule has 74 valence electrons. The predicted molar refractivity (Wildman–Crippen MR) is 54.8 cm³/mol. The Bertz CT molecular complexity index is 362. The SMILES string of the molecule is CC1CNC(=O)C(N)c2ccccc21. The fraction of sp³-hybridized carbons (Fsp3) is 0.364.